The highest BCUT2D eigenvalue weighted by Gasteiger charge is 2.13. The third-order valence-electron chi connectivity index (χ3n) is 4.29. The number of ether oxygens (including phenoxy) is 1. The van der Waals surface area contributed by atoms with Gasteiger partial charge in [-0.1, -0.05) is 18.2 Å². The molecule has 0 aliphatic heterocycles. The van der Waals surface area contributed by atoms with Crippen LogP contribution in [0, 0.1) is 6.92 Å². The van der Waals surface area contributed by atoms with Crippen LogP contribution in [0.2, 0.25) is 0 Å². The summed E-state index contributed by atoms with van der Waals surface area (Å²) in [6.07, 6.45) is 4.44. The smallest absolute Gasteiger partial charge is 0.276 e. The molecule has 0 atom stereocenters. The van der Waals surface area contributed by atoms with Crippen LogP contribution < -0.4 is 15.6 Å². The fraction of sp³-hybridized carbons (Fsp3) is 0.300. The lowest BCUT2D eigenvalue weighted by molar-refractivity contribution is -0.123. The molecular formula is C20H22N2O3. The van der Waals surface area contributed by atoms with Crippen LogP contribution in [0.25, 0.3) is 0 Å². The largest absolute Gasteiger partial charge is 0.484 e. The highest BCUT2D eigenvalue weighted by atomic mass is 16.5. The number of nitrogens with one attached hydrogen (secondary N) is 2. The summed E-state index contributed by atoms with van der Waals surface area (Å²) in [5.74, 6) is -0.110. The fourth-order valence-corrected chi connectivity index (χ4v) is 2.96. The Labute approximate surface area is 147 Å². The number of aryl methyl sites for hydroxylation is 3. The van der Waals surface area contributed by atoms with Crippen LogP contribution in [-0.2, 0) is 17.6 Å². The van der Waals surface area contributed by atoms with Gasteiger partial charge >= 0.3 is 0 Å². The summed E-state index contributed by atoms with van der Waals surface area (Å²) in [5.41, 5.74) is 8.98. The van der Waals surface area contributed by atoms with E-state index in [9.17, 15) is 9.59 Å². The van der Waals surface area contributed by atoms with E-state index in [4.69, 9.17) is 4.74 Å². The zero-order valence-corrected chi connectivity index (χ0v) is 14.3. The van der Waals surface area contributed by atoms with E-state index in [2.05, 4.69) is 10.9 Å². The number of hydrazine groups is 1. The summed E-state index contributed by atoms with van der Waals surface area (Å²) < 4.78 is 5.40. The topological polar surface area (TPSA) is 67.4 Å². The van der Waals surface area contributed by atoms with Crippen LogP contribution in [-0.4, -0.2) is 18.4 Å². The molecule has 3 rings (SSSR count). The SMILES string of the molecule is Cc1cccc(OCC(=O)NNC(=O)c2ccc3c(c2)CCCC3)c1. The van der Waals surface area contributed by atoms with Gasteiger partial charge < -0.3 is 4.74 Å². The van der Waals surface area contributed by atoms with Crippen LogP contribution in [0.1, 0.15) is 39.9 Å². The molecule has 0 fully saturated rings. The lowest BCUT2D eigenvalue weighted by atomic mass is 9.90. The van der Waals surface area contributed by atoms with Crippen molar-refractivity contribution in [2.45, 2.75) is 32.6 Å². The van der Waals surface area contributed by atoms with Gasteiger partial charge in [0.15, 0.2) is 6.61 Å². The first-order chi connectivity index (χ1) is 12.1. The van der Waals surface area contributed by atoms with Crippen molar-refractivity contribution in [3.8, 4) is 5.75 Å². The highest BCUT2D eigenvalue weighted by Crippen LogP contribution is 2.22. The fourth-order valence-electron chi connectivity index (χ4n) is 2.96. The van der Waals surface area contributed by atoms with Crippen molar-refractivity contribution in [2.24, 2.45) is 0 Å². The first-order valence-electron chi connectivity index (χ1n) is 8.52. The summed E-state index contributed by atoms with van der Waals surface area (Å²) in [4.78, 5) is 24.0. The van der Waals surface area contributed by atoms with Gasteiger partial charge in [-0.15, -0.1) is 0 Å². The second-order valence-corrected chi connectivity index (χ2v) is 6.30. The summed E-state index contributed by atoms with van der Waals surface area (Å²) in [7, 11) is 0. The summed E-state index contributed by atoms with van der Waals surface area (Å²) in [5, 5.41) is 0. The van der Waals surface area contributed by atoms with Crippen molar-refractivity contribution in [1.82, 2.24) is 10.9 Å². The Hall–Kier alpha value is -2.82. The van der Waals surface area contributed by atoms with Gasteiger partial charge in [0.1, 0.15) is 5.75 Å². The molecule has 2 amide bonds. The molecule has 1 aliphatic rings. The molecule has 0 radical (unpaired) electrons. The van der Waals surface area contributed by atoms with Gasteiger partial charge in [-0.25, -0.2) is 0 Å². The number of rotatable bonds is 4. The Morgan fingerprint density at radius 2 is 1.80 bits per heavy atom. The number of carbonyl (C=O) groups is 2. The Morgan fingerprint density at radius 3 is 2.60 bits per heavy atom. The lowest BCUT2D eigenvalue weighted by Gasteiger charge is -2.16. The lowest BCUT2D eigenvalue weighted by Crippen LogP contribution is -2.43. The first kappa shape index (κ1) is 17.0. The third kappa shape index (κ3) is 4.59. The maximum atomic E-state index is 12.2. The van der Waals surface area contributed by atoms with E-state index in [1.165, 1.54) is 17.5 Å². The summed E-state index contributed by atoms with van der Waals surface area (Å²) in [6, 6.07) is 13.2. The molecule has 5 heteroatoms. The van der Waals surface area contributed by atoms with E-state index in [0.29, 0.717) is 11.3 Å². The molecule has 0 saturated heterocycles. The minimum atomic E-state index is -0.409. The molecule has 0 heterocycles. The standard InChI is InChI=1S/C20H22N2O3/c1-14-5-4-8-18(11-14)25-13-19(23)21-22-20(24)17-10-9-15-6-2-3-7-16(15)12-17/h4-5,8-12H,2-3,6-7,13H2,1H3,(H,21,23)(H,22,24). The number of benzene rings is 2. The number of carbonyl (C=O) groups excluding carboxylic acids is 2. The van der Waals surface area contributed by atoms with E-state index in [-0.39, 0.29) is 12.5 Å². The van der Waals surface area contributed by atoms with E-state index < -0.39 is 5.91 Å². The van der Waals surface area contributed by atoms with E-state index in [0.717, 1.165) is 24.8 Å². The number of hydrogen-bond acceptors (Lipinski definition) is 3. The van der Waals surface area contributed by atoms with E-state index in [1.807, 2.05) is 37.3 Å². The van der Waals surface area contributed by atoms with Gasteiger partial charge in [0.05, 0.1) is 0 Å². The van der Waals surface area contributed by atoms with E-state index in [1.54, 1.807) is 12.1 Å². The van der Waals surface area contributed by atoms with Crippen LogP contribution in [0.4, 0.5) is 0 Å². The average Bonchev–Trinajstić information content (AvgIpc) is 2.64. The molecule has 2 aromatic carbocycles. The molecule has 1 aliphatic carbocycles. The molecule has 0 saturated carbocycles. The molecule has 130 valence electrons. The zero-order valence-electron chi connectivity index (χ0n) is 14.3. The van der Waals surface area contributed by atoms with Gasteiger partial charge in [-0.3, -0.25) is 20.4 Å². The maximum absolute atomic E-state index is 12.2. The Balaban J connectivity index is 1.49. The van der Waals surface area contributed by atoms with Crippen molar-refractivity contribution >= 4 is 11.8 Å². The second kappa shape index (κ2) is 7.83. The summed E-state index contributed by atoms with van der Waals surface area (Å²) >= 11 is 0. The molecule has 0 bridgehead atoms. The van der Waals surface area contributed by atoms with Crippen molar-refractivity contribution in [2.75, 3.05) is 6.61 Å². The molecular weight excluding hydrogens is 316 g/mol. The van der Waals surface area contributed by atoms with Gasteiger partial charge in [-0.05, 0) is 73.6 Å². The molecule has 2 N–H and O–H groups in total. The van der Waals surface area contributed by atoms with Crippen LogP contribution in [0.15, 0.2) is 42.5 Å². The Morgan fingerprint density at radius 1 is 1.00 bits per heavy atom. The van der Waals surface area contributed by atoms with Crippen molar-refractivity contribution in [3.63, 3.8) is 0 Å². The van der Waals surface area contributed by atoms with Gasteiger partial charge in [0, 0.05) is 5.56 Å². The van der Waals surface area contributed by atoms with Crippen LogP contribution in [0.5, 0.6) is 5.75 Å². The number of hydrogen-bond donors (Lipinski definition) is 2. The van der Waals surface area contributed by atoms with Gasteiger partial charge in [-0.2, -0.15) is 0 Å². The number of fused-ring (bicyclic) bond motifs is 1. The molecule has 0 unspecified atom stereocenters. The van der Waals surface area contributed by atoms with Gasteiger partial charge in [0.25, 0.3) is 11.8 Å². The highest BCUT2D eigenvalue weighted by molar-refractivity contribution is 5.95. The first-order valence-corrected chi connectivity index (χ1v) is 8.52. The molecule has 0 spiro atoms. The minimum absolute atomic E-state index is 0.159. The van der Waals surface area contributed by atoms with Gasteiger partial charge in [0.2, 0.25) is 0 Å². The quantitative estimate of drug-likeness (QED) is 0.842. The third-order valence-corrected chi connectivity index (χ3v) is 4.29. The number of amides is 2. The normalized spacial score (nSPS) is 12.8. The van der Waals surface area contributed by atoms with Crippen molar-refractivity contribution < 1.29 is 14.3 Å². The molecule has 5 nitrogen and oxygen atoms in total. The second-order valence-electron chi connectivity index (χ2n) is 6.30. The maximum Gasteiger partial charge on any atom is 0.276 e. The molecule has 2 aromatic rings. The average molecular weight is 338 g/mol. The van der Waals surface area contributed by atoms with Crippen molar-refractivity contribution in [1.29, 1.82) is 0 Å². The van der Waals surface area contributed by atoms with Crippen LogP contribution >= 0.6 is 0 Å². The predicted octanol–water partition coefficient (Wildman–Crippen LogP) is 2.71. The monoisotopic (exact) mass is 338 g/mol. The summed E-state index contributed by atoms with van der Waals surface area (Å²) in [6.45, 7) is 1.79. The van der Waals surface area contributed by atoms with Crippen molar-refractivity contribution in [3.05, 3.63) is 64.7 Å². The molecule has 25 heavy (non-hydrogen) atoms. The van der Waals surface area contributed by atoms with Crippen LogP contribution in [0.3, 0.4) is 0 Å². The minimum Gasteiger partial charge on any atom is -0.484 e. The Kier molecular flexibility index (Phi) is 5.33. The Bertz CT molecular complexity index is 786. The predicted molar refractivity (Wildman–Crippen MR) is 95.4 cm³/mol. The van der Waals surface area contributed by atoms with E-state index >= 15 is 0 Å². The molecule has 0 aromatic heterocycles. The zero-order chi connectivity index (χ0) is 17.6.